The third-order valence-electron chi connectivity index (χ3n) is 3.87. The van der Waals surface area contributed by atoms with Crippen LogP contribution in [-0.4, -0.2) is 45.9 Å². The fourth-order valence-corrected chi connectivity index (χ4v) is 3.06. The first-order valence-corrected chi connectivity index (χ1v) is 6.23. The first kappa shape index (κ1) is 11.4. The van der Waals surface area contributed by atoms with E-state index in [0.717, 1.165) is 45.2 Å². The summed E-state index contributed by atoms with van der Waals surface area (Å²) in [7, 11) is 0. The highest BCUT2D eigenvalue weighted by molar-refractivity contribution is 4.90. The standard InChI is InChI=1S/C12H23NO2/c1-12(15)7-4-8-13(9-12)10-5-2-3-6-11(10)14/h10-11,14-15H,2-9H2,1H3/t10-,11-,12?/m0/s1. The number of rotatable bonds is 1. The molecule has 2 rings (SSSR count). The van der Waals surface area contributed by atoms with Crippen LogP contribution in [-0.2, 0) is 0 Å². The average molecular weight is 213 g/mol. The quantitative estimate of drug-likeness (QED) is 0.686. The Labute approximate surface area is 92.1 Å². The lowest BCUT2D eigenvalue weighted by molar-refractivity contribution is -0.0621. The summed E-state index contributed by atoms with van der Waals surface area (Å²) in [6.07, 6.45) is 6.18. The maximum atomic E-state index is 10.0. The van der Waals surface area contributed by atoms with Gasteiger partial charge in [0.2, 0.25) is 0 Å². The van der Waals surface area contributed by atoms with Gasteiger partial charge in [0.1, 0.15) is 0 Å². The van der Waals surface area contributed by atoms with Gasteiger partial charge in [-0.3, -0.25) is 4.90 Å². The third-order valence-corrected chi connectivity index (χ3v) is 3.87. The molecular formula is C12H23NO2. The fraction of sp³-hybridized carbons (Fsp3) is 1.00. The van der Waals surface area contributed by atoms with Crippen LogP contribution < -0.4 is 0 Å². The number of aliphatic hydroxyl groups is 2. The SMILES string of the molecule is CC1(O)CCCN([C@H]2CCCC[C@@H]2O)C1. The second-order valence-corrected chi connectivity index (χ2v) is 5.49. The summed E-state index contributed by atoms with van der Waals surface area (Å²) in [6.45, 7) is 3.68. The first-order valence-electron chi connectivity index (χ1n) is 6.23. The molecule has 0 spiro atoms. The molecule has 3 heteroatoms. The molecule has 2 N–H and O–H groups in total. The highest BCUT2D eigenvalue weighted by atomic mass is 16.3. The van der Waals surface area contributed by atoms with Crippen molar-refractivity contribution in [2.24, 2.45) is 0 Å². The summed E-state index contributed by atoms with van der Waals surface area (Å²) in [5, 5.41) is 20.0. The molecule has 0 aromatic carbocycles. The zero-order valence-corrected chi connectivity index (χ0v) is 9.65. The Balaban J connectivity index is 1.96. The lowest BCUT2D eigenvalue weighted by atomic mass is 9.87. The molecule has 0 aromatic heterocycles. The van der Waals surface area contributed by atoms with Crippen LogP contribution in [0.5, 0.6) is 0 Å². The molecule has 0 bridgehead atoms. The highest BCUT2D eigenvalue weighted by Crippen LogP contribution is 2.28. The minimum atomic E-state index is -0.546. The van der Waals surface area contributed by atoms with Gasteiger partial charge < -0.3 is 10.2 Å². The summed E-state index contributed by atoms with van der Waals surface area (Å²) < 4.78 is 0. The topological polar surface area (TPSA) is 43.7 Å². The Morgan fingerprint density at radius 1 is 1.20 bits per heavy atom. The summed E-state index contributed by atoms with van der Waals surface area (Å²) in [5.74, 6) is 0. The van der Waals surface area contributed by atoms with Gasteiger partial charge >= 0.3 is 0 Å². The summed E-state index contributed by atoms with van der Waals surface area (Å²) >= 11 is 0. The van der Waals surface area contributed by atoms with Crippen LogP contribution in [0.15, 0.2) is 0 Å². The zero-order valence-electron chi connectivity index (χ0n) is 9.65. The van der Waals surface area contributed by atoms with Crippen LogP contribution in [0.25, 0.3) is 0 Å². The predicted molar refractivity (Wildman–Crippen MR) is 59.7 cm³/mol. The molecule has 1 saturated carbocycles. The lowest BCUT2D eigenvalue weighted by Gasteiger charge is -2.44. The van der Waals surface area contributed by atoms with Crippen molar-refractivity contribution in [2.45, 2.75) is 63.2 Å². The molecule has 1 aliphatic carbocycles. The van der Waals surface area contributed by atoms with E-state index in [1.54, 1.807) is 0 Å². The van der Waals surface area contributed by atoms with Crippen molar-refractivity contribution in [3.63, 3.8) is 0 Å². The number of nitrogens with zero attached hydrogens (tertiary/aromatic N) is 1. The van der Waals surface area contributed by atoms with E-state index in [0.29, 0.717) is 6.04 Å². The predicted octanol–water partition coefficient (Wildman–Crippen LogP) is 1.14. The number of aliphatic hydroxyl groups excluding tert-OH is 1. The van der Waals surface area contributed by atoms with Crippen molar-refractivity contribution in [1.29, 1.82) is 0 Å². The van der Waals surface area contributed by atoms with Crippen LogP contribution in [0.4, 0.5) is 0 Å². The van der Waals surface area contributed by atoms with E-state index in [1.165, 1.54) is 6.42 Å². The smallest absolute Gasteiger partial charge is 0.0746 e. The van der Waals surface area contributed by atoms with Gasteiger partial charge in [-0.15, -0.1) is 0 Å². The van der Waals surface area contributed by atoms with Crippen molar-refractivity contribution in [3.05, 3.63) is 0 Å². The Kier molecular flexibility index (Phi) is 3.33. The minimum absolute atomic E-state index is 0.173. The average Bonchev–Trinajstić information content (AvgIpc) is 2.17. The highest BCUT2D eigenvalue weighted by Gasteiger charge is 2.35. The van der Waals surface area contributed by atoms with Gasteiger partial charge in [-0.1, -0.05) is 12.8 Å². The maximum Gasteiger partial charge on any atom is 0.0746 e. The second-order valence-electron chi connectivity index (χ2n) is 5.49. The Bertz CT molecular complexity index is 218. The molecule has 0 amide bonds. The van der Waals surface area contributed by atoms with Gasteiger partial charge in [-0.05, 0) is 39.2 Å². The van der Waals surface area contributed by atoms with Crippen molar-refractivity contribution in [2.75, 3.05) is 13.1 Å². The van der Waals surface area contributed by atoms with E-state index in [2.05, 4.69) is 4.90 Å². The van der Waals surface area contributed by atoms with Crippen molar-refractivity contribution in [3.8, 4) is 0 Å². The molecule has 1 unspecified atom stereocenters. The van der Waals surface area contributed by atoms with Gasteiger partial charge in [0.15, 0.2) is 0 Å². The largest absolute Gasteiger partial charge is 0.391 e. The van der Waals surface area contributed by atoms with Crippen LogP contribution in [0, 0.1) is 0 Å². The van der Waals surface area contributed by atoms with Crippen LogP contribution in [0.3, 0.4) is 0 Å². The van der Waals surface area contributed by atoms with E-state index in [9.17, 15) is 10.2 Å². The summed E-state index contributed by atoms with van der Waals surface area (Å²) in [4.78, 5) is 2.30. The third kappa shape index (κ3) is 2.71. The molecule has 1 heterocycles. The monoisotopic (exact) mass is 213 g/mol. The van der Waals surface area contributed by atoms with Crippen molar-refractivity contribution >= 4 is 0 Å². The Morgan fingerprint density at radius 2 is 1.93 bits per heavy atom. The number of hydrogen-bond acceptors (Lipinski definition) is 3. The molecule has 0 radical (unpaired) electrons. The Morgan fingerprint density at radius 3 is 2.60 bits per heavy atom. The Hall–Kier alpha value is -0.120. The van der Waals surface area contributed by atoms with E-state index >= 15 is 0 Å². The molecule has 3 nitrogen and oxygen atoms in total. The summed E-state index contributed by atoms with van der Waals surface area (Å²) in [6, 6.07) is 0.297. The number of likely N-dealkylation sites (tertiary alicyclic amines) is 1. The van der Waals surface area contributed by atoms with E-state index in [1.807, 2.05) is 6.92 Å². The summed E-state index contributed by atoms with van der Waals surface area (Å²) in [5.41, 5.74) is -0.546. The van der Waals surface area contributed by atoms with Crippen LogP contribution in [0.2, 0.25) is 0 Å². The molecule has 88 valence electrons. The maximum absolute atomic E-state index is 10.0. The molecule has 2 fully saturated rings. The van der Waals surface area contributed by atoms with Gasteiger partial charge in [0.25, 0.3) is 0 Å². The number of piperidine rings is 1. The molecule has 15 heavy (non-hydrogen) atoms. The first-order chi connectivity index (χ1) is 7.08. The van der Waals surface area contributed by atoms with Crippen LogP contribution >= 0.6 is 0 Å². The van der Waals surface area contributed by atoms with E-state index in [4.69, 9.17) is 0 Å². The molecule has 1 saturated heterocycles. The molecule has 0 aromatic rings. The second kappa shape index (κ2) is 4.40. The van der Waals surface area contributed by atoms with Gasteiger partial charge in [-0.2, -0.15) is 0 Å². The number of β-amino-alcohol motifs (C(OH)–C–C–N with tert-alkyl or cyclic N) is 1. The normalized spacial score (nSPS) is 44.2. The van der Waals surface area contributed by atoms with Crippen LogP contribution in [0.1, 0.15) is 45.4 Å². The van der Waals surface area contributed by atoms with Crippen molar-refractivity contribution in [1.82, 2.24) is 4.90 Å². The van der Waals surface area contributed by atoms with E-state index < -0.39 is 5.60 Å². The fourth-order valence-electron chi connectivity index (χ4n) is 3.06. The minimum Gasteiger partial charge on any atom is -0.391 e. The molecule has 2 aliphatic rings. The van der Waals surface area contributed by atoms with Gasteiger partial charge in [0.05, 0.1) is 11.7 Å². The lowest BCUT2D eigenvalue weighted by Crippen LogP contribution is -2.54. The molecule has 1 aliphatic heterocycles. The van der Waals surface area contributed by atoms with E-state index in [-0.39, 0.29) is 6.10 Å². The van der Waals surface area contributed by atoms with Gasteiger partial charge in [0, 0.05) is 12.6 Å². The number of hydrogen-bond donors (Lipinski definition) is 2. The van der Waals surface area contributed by atoms with Crippen molar-refractivity contribution < 1.29 is 10.2 Å². The molecular weight excluding hydrogens is 190 g/mol. The zero-order chi connectivity index (χ0) is 10.9. The molecule has 3 atom stereocenters. The van der Waals surface area contributed by atoms with Gasteiger partial charge in [-0.25, -0.2) is 0 Å².